The number of esters is 1. The molecule has 1 fully saturated rings. The van der Waals surface area contributed by atoms with Gasteiger partial charge in [-0.1, -0.05) is 6.07 Å². The maximum absolute atomic E-state index is 13.1. The molecule has 0 spiro atoms. The van der Waals surface area contributed by atoms with Crippen LogP contribution in [-0.4, -0.2) is 118 Å². The molecule has 1 atom stereocenters. The van der Waals surface area contributed by atoms with Crippen LogP contribution < -0.4 is 10.6 Å². The van der Waals surface area contributed by atoms with Crippen LogP contribution >= 0.6 is 0 Å². The molecule has 1 unspecified atom stereocenters. The number of hydrogen-bond donors (Lipinski definition) is 3. The third-order valence-electron chi connectivity index (χ3n) is 6.66. The number of fused-ring (bicyclic) bond motifs is 1. The van der Waals surface area contributed by atoms with E-state index < -0.39 is 35.6 Å². The lowest BCUT2D eigenvalue weighted by Gasteiger charge is -2.27. The predicted octanol–water partition coefficient (Wildman–Crippen LogP) is 0.754. The Kier molecular flexibility index (Phi) is 14.7. The molecule has 242 valence electrons. The number of hydrogen-bond acceptors (Lipinski definition) is 12. The zero-order valence-corrected chi connectivity index (χ0v) is 24.5. The molecule has 0 aromatic heterocycles. The molecule has 2 heterocycles. The molecule has 0 radical (unpaired) electrons. The molecular formula is C29H39N3O12. The third kappa shape index (κ3) is 11.0. The number of anilines is 1. The average molecular weight is 622 g/mol. The number of carbonyl (C=O) groups excluding carboxylic acids is 5. The molecule has 3 N–H and O–H groups in total. The first kappa shape index (κ1) is 34.6. The van der Waals surface area contributed by atoms with Crippen molar-refractivity contribution < 1.29 is 57.6 Å². The van der Waals surface area contributed by atoms with E-state index in [1.807, 2.05) is 0 Å². The number of carbonyl (C=O) groups is 6. The van der Waals surface area contributed by atoms with E-state index in [0.717, 1.165) is 4.90 Å². The highest BCUT2D eigenvalue weighted by Gasteiger charge is 2.45. The molecular weight excluding hydrogens is 582 g/mol. The highest BCUT2D eigenvalue weighted by molar-refractivity contribution is 6.25. The van der Waals surface area contributed by atoms with Crippen LogP contribution in [0.3, 0.4) is 0 Å². The normalized spacial score (nSPS) is 16.2. The minimum Gasteiger partial charge on any atom is -0.481 e. The van der Waals surface area contributed by atoms with E-state index in [1.165, 1.54) is 6.07 Å². The highest BCUT2D eigenvalue weighted by Crippen LogP contribution is 2.32. The summed E-state index contributed by atoms with van der Waals surface area (Å²) in [5.41, 5.74) is 0.861. The molecule has 0 aliphatic carbocycles. The van der Waals surface area contributed by atoms with Crippen LogP contribution in [0.2, 0.25) is 0 Å². The summed E-state index contributed by atoms with van der Waals surface area (Å²) in [6.07, 6.45) is 1.30. The van der Waals surface area contributed by atoms with Gasteiger partial charge in [0.15, 0.2) is 0 Å². The van der Waals surface area contributed by atoms with Gasteiger partial charge < -0.3 is 34.1 Å². The van der Waals surface area contributed by atoms with E-state index in [0.29, 0.717) is 71.3 Å². The van der Waals surface area contributed by atoms with Gasteiger partial charge >= 0.3 is 11.9 Å². The summed E-state index contributed by atoms with van der Waals surface area (Å²) in [6.45, 7) is 3.20. The largest absolute Gasteiger partial charge is 0.481 e. The Hall–Kier alpha value is -3.92. The van der Waals surface area contributed by atoms with Gasteiger partial charge in [0, 0.05) is 31.5 Å². The van der Waals surface area contributed by atoms with Gasteiger partial charge in [-0.2, -0.15) is 0 Å². The Balaban J connectivity index is 1.17. The van der Waals surface area contributed by atoms with Gasteiger partial charge in [0.25, 0.3) is 11.8 Å². The van der Waals surface area contributed by atoms with Gasteiger partial charge in [-0.25, -0.2) is 0 Å². The topological polar surface area (TPSA) is 196 Å². The third-order valence-corrected chi connectivity index (χ3v) is 6.66. The SMILES string of the molecule is O=C(O)CCCCC(=O)OCCOCCOCCOCCOCCNc1cccc2c1C(=O)N(C1CCC(=O)NC1=O)C2=O. The number of piperidine rings is 1. The molecule has 2 aliphatic rings. The van der Waals surface area contributed by atoms with Gasteiger partial charge in [-0.05, 0) is 31.4 Å². The number of nitrogens with zero attached hydrogens (tertiary/aromatic N) is 1. The fraction of sp³-hybridized carbons (Fsp3) is 0.586. The lowest BCUT2D eigenvalue weighted by Crippen LogP contribution is -2.54. The number of carboxylic acid groups (broad SMARTS) is 1. The van der Waals surface area contributed by atoms with E-state index >= 15 is 0 Å². The summed E-state index contributed by atoms with van der Waals surface area (Å²) in [6, 6.07) is 3.84. The van der Waals surface area contributed by atoms with Crippen molar-refractivity contribution in [2.24, 2.45) is 0 Å². The number of nitrogens with one attached hydrogen (secondary N) is 2. The molecule has 1 aromatic carbocycles. The van der Waals surface area contributed by atoms with Crippen LogP contribution in [0.25, 0.3) is 0 Å². The van der Waals surface area contributed by atoms with E-state index in [1.54, 1.807) is 12.1 Å². The molecule has 0 bridgehead atoms. The maximum atomic E-state index is 13.1. The van der Waals surface area contributed by atoms with E-state index in [9.17, 15) is 28.8 Å². The summed E-state index contributed by atoms with van der Waals surface area (Å²) in [4.78, 5) is 72.5. The van der Waals surface area contributed by atoms with Crippen molar-refractivity contribution in [3.63, 3.8) is 0 Å². The standard InChI is InChI=1S/C29H39N3O12/c33-23-9-8-22(27(37)31-23)32-28(38)20-4-3-5-21(26(20)29(32)39)30-10-11-40-12-13-41-14-15-42-16-17-43-18-19-44-25(36)7-2-1-6-24(34)35/h3-5,22,30H,1-2,6-19H2,(H,34,35)(H,31,33,37). The molecule has 15 heteroatoms. The van der Waals surface area contributed by atoms with Crippen molar-refractivity contribution in [1.29, 1.82) is 0 Å². The number of rotatable bonds is 22. The summed E-state index contributed by atoms with van der Waals surface area (Å²) < 4.78 is 26.7. The van der Waals surface area contributed by atoms with Crippen LogP contribution in [0.5, 0.6) is 0 Å². The molecule has 4 amide bonds. The number of carboxylic acids is 1. The van der Waals surface area contributed by atoms with Gasteiger partial charge in [-0.3, -0.25) is 39.0 Å². The molecule has 15 nitrogen and oxygen atoms in total. The van der Waals surface area contributed by atoms with Crippen molar-refractivity contribution in [2.45, 2.75) is 44.6 Å². The van der Waals surface area contributed by atoms with Crippen LogP contribution in [0.15, 0.2) is 18.2 Å². The quantitative estimate of drug-likeness (QED) is 0.0933. The number of aliphatic carboxylic acids is 1. The molecule has 1 saturated heterocycles. The Morgan fingerprint density at radius 2 is 1.45 bits per heavy atom. The first-order valence-corrected chi connectivity index (χ1v) is 14.6. The Bertz CT molecular complexity index is 1170. The van der Waals surface area contributed by atoms with E-state index in [-0.39, 0.29) is 56.0 Å². The summed E-state index contributed by atoms with van der Waals surface area (Å²) >= 11 is 0. The zero-order valence-electron chi connectivity index (χ0n) is 24.5. The Morgan fingerprint density at radius 3 is 2.09 bits per heavy atom. The smallest absolute Gasteiger partial charge is 0.305 e. The number of benzene rings is 1. The van der Waals surface area contributed by atoms with Gasteiger partial charge in [0.05, 0.1) is 64.0 Å². The van der Waals surface area contributed by atoms with Crippen LogP contribution in [0, 0.1) is 0 Å². The molecule has 44 heavy (non-hydrogen) atoms. The molecule has 3 rings (SSSR count). The van der Waals surface area contributed by atoms with E-state index in [2.05, 4.69) is 10.6 Å². The lowest BCUT2D eigenvalue weighted by molar-refractivity contribution is -0.146. The van der Waals surface area contributed by atoms with Crippen LogP contribution in [0.1, 0.15) is 59.2 Å². The van der Waals surface area contributed by atoms with Gasteiger partial charge in [-0.15, -0.1) is 0 Å². The van der Waals surface area contributed by atoms with Crippen molar-refractivity contribution in [1.82, 2.24) is 10.2 Å². The Labute approximate surface area is 254 Å². The van der Waals surface area contributed by atoms with Crippen molar-refractivity contribution >= 4 is 41.3 Å². The fourth-order valence-corrected chi connectivity index (χ4v) is 4.51. The number of unbranched alkanes of at least 4 members (excludes halogenated alkanes) is 1. The molecule has 0 saturated carbocycles. The zero-order chi connectivity index (χ0) is 31.7. The summed E-state index contributed by atoms with van der Waals surface area (Å²) in [5, 5.41) is 13.8. The molecule has 2 aliphatic heterocycles. The molecule has 1 aromatic rings. The van der Waals surface area contributed by atoms with E-state index in [4.69, 9.17) is 28.8 Å². The Morgan fingerprint density at radius 1 is 0.841 bits per heavy atom. The number of ether oxygens (including phenoxy) is 5. The first-order valence-electron chi connectivity index (χ1n) is 14.6. The first-order chi connectivity index (χ1) is 21.3. The predicted molar refractivity (Wildman–Crippen MR) is 152 cm³/mol. The fourth-order valence-electron chi connectivity index (χ4n) is 4.51. The van der Waals surface area contributed by atoms with Crippen LogP contribution in [-0.2, 0) is 42.9 Å². The average Bonchev–Trinajstić information content (AvgIpc) is 3.24. The van der Waals surface area contributed by atoms with Crippen molar-refractivity contribution in [3.05, 3.63) is 29.3 Å². The second kappa shape index (κ2) is 18.7. The summed E-state index contributed by atoms with van der Waals surface area (Å²) in [5.74, 6) is -3.47. The minimum atomic E-state index is -1.02. The lowest BCUT2D eigenvalue weighted by atomic mass is 10.0. The van der Waals surface area contributed by atoms with Gasteiger partial charge in [0.2, 0.25) is 11.8 Å². The summed E-state index contributed by atoms with van der Waals surface area (Å²) in [7, 11) is 0. The maximum Gasteiger partial charge on any atom is 0.305 e. The van der Waals surface area contributed by atoms with Crippen molar-refractivity contribution in [2.75, 3.05) is 71.3 Å². The second-order valence-electron chi connectivity index (χ2n) is 9.87. The monoisotopic (exact) mass is 621 g/mol. The van der Waals surface area contributed by atoms with Crippen LogP contribution in [0.4, 0.5) is 5.69 Å². The highest BCUT2D eigenvalue weighted by atomic mass is 16.6. The van der Waals surface area contributed by atoms with Gasteiger partial charge in [0.1, 0.15) is 12.6 Å². The minimum absolute atomic E-state index is 0.0399. The number of imide groups is 2. The van der Waals surface area contributed by atoms with Crippen molar-refractivity contribution in [3.8, 4) is 0 Å². The number of amides is 4. The second-order valence-corrected chi connectivity index (χ2v) is 9.87.